The van der Waals surface area contributed by atoms with Crippen molar-refractivity contribution < 1.29 is 28.9 Å². The molecule has 10 nitrogen and oxygen atoms in total. The fourth-order valence-electron chi connectivity index (χ4n) is 5.95. The second kappa shape index (κ2) is 17.2. The van der Waals surface area contributed by atoms with E-state index in [2.05, 4.69) is 49.6 Å². The molecule has 2 saturated heterocycles. The van der Waals surface area contributed by atoms with E-state index >= 15 is 0 Å². The first kappa shape index (κ1) is 36.4. The molecule has 2 amide bonds. The largest absolute Gasteiger partial charge is 0.469 e. The van der Waals surface area contributed by atoms with Gasteiger partial charge in [-0.15, -0.1) is 0 Å². The maximum absolute atomic E-state index is 12.5. The normalized spacial score (nSPS) is 22.9. The van der Waals surface area contributed by atoms with Gasteiger partial charge in [-0.1, -0.05) is 84.4 Å². The highest BCUT2D eigenvalue weighted by Crippen LogP contribution is 2.48. The minimum Gasteiger partial charge on any atom is -0.469 e. The van der Waals surface area contributed by atoms with Crippen molar-refractivity contribution in [2.75, 3.05) is 26.4 Å². The smallest absolute Gasteiger partial charge is 0.224 e. The SMILES string of the molecule is C[C@H](NC(=O)[C@H]1C[C@@H]1c1ccccc1)c1ccc(Cl)nc1.C[C@H](NC(=O)[C@H]1C[C@@H]1c1ccccc1)c1ccc(OC2COC2)nc1.OC1COC1. The second-order valence-electron chi connectivity index (χ2n) is 13.5. The van der Waals surface area contributed by atoms with Crippen molar-refractivity contribution in [2.45, 2.75) is 62.8 Å². The average molecular weight is 713 g/mol. The molecule has 2 aliphatic carbocycles. The lowest BCUT2D eigenvalue weighted by Crippen LogP contribution is -2.38. The molecule has 0 radical (unpaired) electrons. The first-order chi connectivity index (χ1) is 24.7. The zero-order valence-corrected chi connectivity index (χ0v) is 29.6. The molecule has 2 aromatic heterocycles. The zero-order chi connectivity index (χ0) is 35.7. The maximum Gasteiger partial charge on any atom is 0.224 e. The summed E-state index contributed by atoms with van der Waals surface area (Å²) in [5.74, 6) is 1.73. The van der Waals surface area contributed by atoms with Gasteiger partial charge < -0.3 is 30.0 Å². The van der Waals surface area contributed by atoms with Crippen molar-refractivity contribution in [3.8, 4) is 5.88 Å². The Morgan fingerprint density at radius 1 is 0.725 bits per heavy atom. The van der Waals surface area contributed by atoms with E-state index in [4.69, 9.17) is 26.2 Å². The van der Waals surface area contributed by atoms with Crippen LogP contribution in [0.5, 0.6) is 5.88 Å². The molecule has 268 valence electrons. The molecule has 0 bridgehead atoms. The number of aromatic nitrogens is 2. The number of hydrogen-bond acceptors (Lipinski definition) is 8. The quantitative estimate of drug-likeness (QED) is 0.173. The molecular weight excluding hydrogens is 668 g/mol. The summed E-state index contributed by atoms with van der Waals surface area (Å²) in [6, 6.07) is 27.8. The fourth-order valence-corrected chi connectivity index (χ4v) is 6.06. The number of nitrogens with zero attached hydrogens (tertiary/aromatic N) is 2. The molecule has 4 heterocycles. The zero-order valence-electron chi connectivity index (χ0n) is 28.9. The van der Waals surface area contributed by atoms with Crippen LogP contribution in [-0.4, -0.2) is 65.5 Å². The van der Waals surface area contributed by atoms with E-state index < -0.39 is 0 Å². The summed E-state index contributed by atoms with van der Waals surface area (Å²) in [7, 11) is 0. The van der Waals surface area contributed by atoms with Gasteiger partial charge in [-0.3, -0.25) is 9.59 Å². The van der Waals surface area contributed by atoms with Gasteiger partial charge in [-0.25, -0.2) is 9.97 Å². The third kappa shape index (κ3) is 10.4. The molecular formula is C40H45ClN4O6. The monoisotopic (exact) mass is 712 g/mol. The molecule has 4 aromatic rings. The summed E-state index contributed by atoms with van der Waals surface area (Å²) >= 11 is 5.77. The number of rotatable bonds is 10. The first-order valence-corrected chi connectivity index (χ1v) is 17.9. The number of aliphatic hydroxyl groups excluding tert-OH is 1. The number of ether oxygens (including phenoxy) is 3. The highest BCUT2D eigenvalue weighted by molar-refractivity contribution is 6.29. The average Bonchev–Trinajstić information content (AvgIpc) is 4.06. The number of nitrogens with one attached hydrogen (secondary N) is 2. The summed E-state index contributed by atoms with van der Waals surface area (Å²) in [5.41, 5.74) is 4.43. The maximum atomic E-state index is 12.5. The van der Waals surface area contributed by atoms with Gasteiger partial charge in [0.15, 0.2) is 0 Å². The third-order valence-electron chi connectivity index (χ3n) is 9.45. The van der Waals surface area contributed by atoms with Crippen LogP contribution in [0, 0.1) is 11.8 Å². The topological polar surface area (TPSA) is 132 Å². The van der Waals surface area contributed by atoms with Gasteiger partial charge in [0, 0.05) is 30.3 Å². The van der Waals surface area contributed by atoms with Crippen LogP contribution in [-0.2, 0) is 19.1 Å². The third-order valence-corrected chi connectivity index (χ3v) is 9.68. The molecule has 51 heavy (non-hydrogen) atoms. The van der Waals surface area contributed by atoms with Crippen molar-refractivity contribution in [1.29, 1.82) is 0 Å². The van der Waals surface area contributed by atoms with Crippen LogP contribution in [0.15, 0.2) is 97.3 Å². The predicted octanol–water partition coefficient (Wildman–Crippen LogP) is 5.93. The molecule has 8 rings (SSSR count). The van der Waals surface area contributed by atoms with Gasteiger partial charge in [0.1, 0.15) is 17.4 Å². The molecule has 4 fully saturated rings. The van der Waals surface area contributed by atoms with Gasteiger partial charge in [0.05, 0.1) is 38.5 Å². The van der Waals surface area contributed by atoms with Gasteiger partial charge in [0.2, 0.25) is 17.7 Å². The van der Waals surface area contributed by atoms with Crippen molar-refractivity contribution in [3.63, 3.8) is 0 Å². The lowest BCUT2D eigenvalue weighted by Gasteiger charge is -2.26. The molecule has 2 aromatic carbocycles. The molecule has 2 aliphatic heterocycles. The first-order valence-electron chi connectivity index (χ1n) is 17.5. The van der Waals surface area contributed by atoms with Crippen LogP contribution in [0.3, 0.4) is 0 Å². The van der Waals surface area contributed by atoms with E-state index in [1.54, 1.807) is 18.5 Å². The summed E-state index contributed by atoms with van der Waals surface area (Å²) in [4.78, 5) is 33.1. The van der Waals surface area contributed by atoms with Crippen molar-refractivity contribution in [1.82, 2.24) is 20.6 Å². The lowest BCUT2D eigenvalue weighted by atomic mass is 10.1. The molecule has 2 saturated carbocycles. The molecule has 4 aliphatic rings. The van der Waals surface area contributed by atoms with Gasteiger partial charge in [-0.2, -0.15) is 0 Å². The Hall–Kier alpha value is -4.35. The van der Waals surface area contributed by atoms with E-state index in [0.29, 0.717) is 49.3 Å². The van der Waals surface area contributed by atoms with Crippen LogP contribution in [0.4, 0.5) is 0 Å². The summed E-state index contributed by atoms with van der Waals surface area (Å²) in [6.07, 6.45) is 5.28. The van der Waals surface area contributed by atoms with Crippen LogP contribution in [0.1, 0.15) is 72.9 Å². The summed E-state index contributed by atoms with van der Waals surface area (Å²) in [5, 5.41) is 14.9. The highest BCUT2D eigenvalue weighted by atomic mass is 35.5. The van der Waals surface area contributed by atoms with E-state index in [0.717, 1.165) is 24.0 Å². The van der Waals surface area contributed by atoms with Gasteiger partial charge in [0.25, 0.3) is 0 Å². The molecule has 0 spiro atoms. The predicted molar refractivity (Wildman–Crippen MR) is 193 cm³/mol. The Balaban J connectivity index is 0.000000156. The Kier molecular flexibility index (Phi) is 12.3. The van der Waals surface area contributed by atoms with Gasteiger partial charge >= 0.3 is 0 Å². The van der Waals surface area contributed by atoms with E-state index in [9.17, 15) is 9.59 Å². The number of amides is 2. The van der Waals surface area contributed by atoms with Gasteiger partial charge in [-0.05, 0) is 66.8 Å². The van der Waals surface area contributed by atoms with Crippen molar-refractivity contribution in [3.05, 3.63) is 125 Å². The summed E-state index contributed by atoms with van der Waals surface area (Å²) in [6.45, 7) is 6.28. The van der Waals surface area contributed by atoms with E-state index in [1.807, 2.05) is 68.4 Å². The fraction of sp³-hybridized carbons (Fsp3) is 0.400. The standard InChI is InChI=1S/C20H22N2O3.C17H17ClN2O.C3H6O2/c1-13(15-7-8-19(21-10-15)25-16-11-24-12-16)22-20(23)18-9-17(18)14-5-3-2-4-6-14;1-11(13-7-8-16(18)19-10-13)20-17(21)15-9-14(15)12-5-3-2-4-6-12;4-3-1-5-2-3/h2-8,10,13,16-18H,9,11-12H2,1H3,(H,22,23);2-8,10-11,14-15H,9H2,1H3,(H,20,21);3-4H,1-2H2/t13-,17+,18-;11-,14+,15-;/m00./s1. The van der Waals surface area contributed by atoms with Crippen molar-refractivity contribution in [2.24, 2.45) is 11.8 Å². The Morgan fingerprint density at radius 3 is 1.57 bits per heavy atom. The molecule has 0 unspecified atom stereocenters. The number of pyridine rings is 2. The number of carbonyl (C=O) groups is 2. The summed E-state index contributed by atoms with van der Waals surface area (Å²) < 4.78 is 15.3. The number of aliphatic hydroxyl groups is 1. The van der Waals surface area contributed by atoms with Crippen LogP contribution in [0.25, 0.3) is 0 Å². The molecule has 3 N–H and O–H groups in total. The van der Waals surface area contributed by atoms with Crippen LogP contribution in [0.2, 0.25) is 5.15 Å². The minimum atomic E-state index is -0.157. The molecule has 6 atom stereocenters. The van der Waals surface area contributed by atoms with Crippen LogP contribution >= 0.6 is 11.6 Å². The number of benzene rings is 2. The lowest BCUT2D eigenvalue weighted by molar-refractivity contribution is -0.123. The number of halogens is 1. The second-order valence-corrected chi connectivity index (χ2v) is 13.9. The highest BCUT2D eigenvalue weighted by Gasteiger charge is 2.45. The number of hydrogen-bond donors (Lipinski definition) is 3. The Morgan fingerprint density at radius 2 is 1.20 bits per heavy atom. The van der Waals surface area contributed by atoms with E-state index in [-0.39, 0.29) is 47.9 Å². The Bertz CT molecular complexity index is 1700. The van der Waals surface area contributed by atoms with Crippen molar-refractivity contribution >= 4 is 23.4 Å². The Labute approximate surface area is 303 Å². The minimum absolute atomic E-state index is 0.0562. The van der Waals surface area contributed by atoms with E-state index in [1.165, 1.54) is 11.1 Å². The number of carbonyl (C=O) groups excluding carboxylic acids is 2. The molecule has 11 heteroatoms. The van der Waals surface area contributed by atoms with Crippen LogP contribution < -0.4 is 15.4 Å².